The maximum absolute atomic E-state index is 13.1. The van der Waals surface area contributed by atoms with Gasteiger partial charge in [-0.1, -0.05) is 11.6 Å². The average Bonchev–Trinajstić information content (AvgIpc) is 2.36. The van der Waals surface area contributed by atoms with Crippen molar-refractivity contribution in [3.63, 3.8) is 0 Å². The fourth-order valence-corrected chi connectivity index (χ4v) is 1.89. The zero-order valence-corrected chi connectivity index (χ0v) is 11.2. The largest absolute Gasteiger partial charge is 0.457 e. The molecular formula is C14H11Cl2FO. The molecule has 0 bridgehead atoms. The minimum atomic E-state index is -0.328. The van der Waals surface area contributed by atoms with E-state index in [2.05, 4.69) is 0 Å². The Morgan fingerprint density at radius 1 is 1.17 bits per heavy atom. The van der Waals surface area contributed by atoms with Crippen molar-refractivity contribution in [2.24, 2.45) is 0 Å². The van der Waals surface area contributed by atoms with E-state index in [0.717, 1.165) is 5.56 Å². The van der Waals surface area contributed by atoms with Crippen LogP contribution in [0.15, 0.2) is 36.4 Å². The zero-order chi connectivity index (χ0) is 13.1. The molecule has 0 aliphatic heterocycles. The molecule has 2 aromatic carbocycles. The second-order valence-corrected chi connectivity index (χ2v) is 4.57. The number of hydrogen-bond acceptors (Lipinski definition) is 1. The van der Waals surface area contributed by atoms with E-state index in [4.69, 9.17) is 27.9 Å². The van der Waals surface area contributed by atoms with E-state index in [1.807, 2.05) is 13.0 Å². The Hall–Kier alpha value is -1.25. The molecule has 2 rings (SSSR count). The third kappa shape index (κ3) is 2.95. The summed E-state index contributed by atoms with van der Waals surface area (Å²) in [6, 6.07) is 9.62. The van der Waals surface area contributed by atoms with Gasteiger partial charge in [0.1, 0.15) is 17.3 Å². The van der Waals surface area contributed by atoms with Crippen LogP contribution >= 0.6 is 23.2 Å². The van der Waals surface area contributed by atoms with E-state index in [1.165, 1.54) is 12.1 Å². The molecule has 2 aromatic rings. The van der Waals surface area contributed by atoms with Crippen LogP contribution in [0.3, 0.4) is 0 Å². The number of alkyl halides is 1. The summed E-state index contributed by atoms with van der Waals surface area (Å²) in [5.74, 6) is 1.06. The van der Waals surface area contributed by atoms with Gasteiger partial charge in [0.2, 0.25) is 0 Å². The molecule has 18 heavy (non-hydrogen) atoms. The van der Waals surface area contributed by atoms with Crippen molar-refractivity contribution in [1.82, 2.24) is 0 Å². The monoisotopic (exact) mass is 284 g/mol. The lowest BCUT2D eigenvalue weighted by atomic mass is 10.2. The summed E-state index contributed by atoms with van der Waals surface area (Å²) in [5.41, 5.74) is 1.54. The van der Waals surface area contributed by atoms with E-state index < -0.39 is 0 Å². The highest BCUT2D eigenvalue weighted by Gasteiger charge is 2.06. The number of benzene rings is 2. The zero-order valence-electron chi connectivity index (χ0n) is 9.71. The summed E-state index contributed by atoms with van der Waals surface area (Å²) in [7, 11) is 0. The molecule has 0 aromatic heterocycles. The van der Waals surface area contributed by atoms with Crippen LogP contribution in [0.4, 0.5) is 4.39 Å². The Kier molecular flexibility index (Phi) is 4.10. The van der Waals surface area contributed by atoms with Gasteiger partial charge in [-0.15, -0.1) is 11.6 Å². The predicted molar refractivity (Wildman–Crippen MR) is 72.2 cm³/mol. The van der Waals surface area contributed by atoms with Crippen molar-refractivity contribution in [3.05, 3.63) is 58.4 Å². The minimum absolute atomic E-state index is 0.194. The predicted octanol–water partition coefficient (Wildman–Crippen LogP) is 5.32. The van der Waals surface area contributed by atoms with Gasteiger partial charge in [0, 0.05) is 10.6 Å². The summed E-state index contributed by atoms with van der Waals surface area (Å²) in [6.45, 7) is 1.89. The lowest BCUT2D eigenvalue weighted by molar-refractivity contribution is 0.475. The van der Waals surface area contributed by atoms with Crippen LogP contribution in [0.2, 0.25) is 5.02 Å². The second-order valence-electron chi connectivity index (χ2n) is 3.90. The normalized spacial score (nSPS) is 10.4. The van der Waals surface area contributed by atoms with Crippen molar-refractivity contribution in [3.8, 4) is 11.5 Å². The molecule has 0 fully saturated rings. The third-order valence-electron chi connectivity index (χ3n) is 2.52. The van der Waals surface area contributed by atoms with Crippen LogP contribution in [-0.4, -0.2) is 0 Å². The fraction of sp³-hybridized carbons (Fsp3) is 0.143. The molecule has 0 aliphatic carbocycles. The molecule has 0 amide bonds. The summed E-state index contributed by atoms with van der Waals surface area (Å²) in [5, 5.41) is 0.680. The van der Waals surface area contributed by atoms with Crippen LogP contribution in [0.25, 0.3) is 0 Å². The molecule has 0 radical (unpaired) electrons. The van der Waals surface area contributed by atoms with Crippen molar-refractivity contribution < 1.29 is 9.13 Å². The Balaban J connectivity index is 2.30. The average molecular weight is 285 g/mol. The van der Waals surface area contributed by atoms with E-state index in [9.17, 15) is 4.39 Å². The molecule has 94 valence electrons. The van der Waals surface area contributed by atoms with Crippen molar-refractivity contribution in [2.75, 3.05) is 0 Å². The molecule has 0 saturated carbocycles. The van der Waals surface area contributed by atoms with Gasteiger partial charge in [0.05, 0.1) is 5.88 Å². The van der Waals surface area contributed by atoms with Gasteiger partial charge in [-0.2, -0.15) is 0 Å². The Morgan fingerprint density at radius 3 is 2.61 bits per heavy atom. The number of hydrogen-bond donors (Lipinski definition) is 0. The highest BCUT2D eigenvalue weighted by molar-refractivity contribution is 6.31. The van der Waals surface area contributed by atoms with Gasteiger partial charge >= 0.3 is 0 Å². The van der Waals surface area contributed by atoms with Crippen molar-refractivity contribution >= 4 is 23.2 Å². The standard InChI is InChI=1S/C14H11Cl2FO/c1-9-6-12(3-4-13(9)16)18-14-5-2-11(17)7-10(14)8-15/h2-7H,8H2,1H3. The van der Waals surface area contributed by atoms with Gasteiger partial charge in [-0.3, -0.25) is 0 Å². The maximum atomic E-state index is 13.1. The molecule has 4 heteroatoms. The molecule has 1 nitrogen and oxygen atoms in total. The Bertz CT molecular complexity index is 570. The highest BCUT2D eigenvalue weighted by Crippen LogP contribution is 2.29. The summed E-state index contributed by atoms with van der Waals surface area (Å²) in [6.07, 6.45) is 0. The van der Waals surface area contributed by atoms with Crippen LogP contribution in [0, 0.1) is 12.7 Å². The van der Waals surface area contributed by atoms with Crippen molar-refractivity contribution in [2.45, 2.75) is 12.8 Å². The lowest BCUT2D eigenvalue weighted by Gasteiger charge is -2.10. The molecule has 0 aliphatic rings. The molecular weight excluding hydrogens is 274 g/mol. The Morgan fingerprint density at radius 2 is 1.94 bits per heavy atom. The molecule has 0 atom stereocenters. The van der Waals surface area contributed by atoms with Crippen LogP contribution in [-0.2, 0) is 5.88 Å². The molecule has 0 saturated heterocycles. The fourth-order valence-electron chi connectivity index (χ4n) is 1.56. The van der Waals surface area contributed by atoms with E-state index in [1.54, 1.807) is 18.2 Å². The summed E-state index contributed by atoms with van der Waals surface area (Å²) >= 11 is 11.7. The number of ether oxygens (including phenoxy) is 1. The second kappa shape index (κ2) is 5.59. The third-order valence-corrected chi connectivity index (χ3v) is 3.24. The van der Waals surface area contributed by atoms with E-state index >= 15 is 0 Å². The first-order valence-corrected chi connectivity index (χ1v) is 6.30. The van der Waals surface area contributed by atoms with Gasteiger partial charge in [0.15, 0.2) is 0 Å². The van der Waals surface area contributed by atoms with Crippen LogP contribution in [0.1, 0.15) is 11.1 Å². The van der Waals surface area contributed by atoms with E-state index in [0.29, 0.717) is 22.1 Å². The molecule has 0 unspecified atom stereocenters. The van der Waals surface area contributed by atoms with Gasteiger partial charge in [-0.05, 0) is 48.9 Å². The van der Waals surface area contributed by atoms with E-state index in [-0.39, 0.29) is 11.7 Å². The van der Waals surface area contributed by atoms with Gasteiger partial charge < -0.3 is 4.74 Å². The van der Waals surface area contributed by atoms with Crippen LogP contribution < -0.4 is 4.74 Å². The van der Waals surface area contributed by atoms with Crippen molar-refractivity contribution in [1.29, 1.82) is 0 Å². The summed E-state index contributed by atoms with van der Waals surface area (Å²) in [4.78, 5) is 0. The van der Waals surface area contributed by atoms with Gasteiger partial charge in [0.25, 0.3) is 0 Å². The Labute approximate surface area is 115 Å². The first-order chi connectivity index (χ1) is 8.60. The number of halogens is 3. The molecule has 0 heterocycles. The smallest absolute Gasteiger partial charge is 0.132 e. The summed E-state index contributed by atoms with van der Waals surface area (Å²) < 4.78 is 18.7. The van der Waals surface area contributed by atoms with Crippen LogP contribution in [0.5, 0.6) is 11.5 Å². The van der Waals surface area contributed by atoms with Gasteiger partial charge in [-0.25, -0.2) is 4.39 Å². The first-order valence-electron chi connectivity index (χ1n) is 5.38. The minimum Gasteiger partial charge on any atom is -0.457 e. The lowest BCUT2D eigenvalue weighted by Crippen LogP contribution is -1.91. The molecule has 0 spiro atoms. The topological polar surface area (TPSA) is 9.23 Å². The SMILES string of the molecule is Cc1cc(Oc2ccc(F)cc2CCl)ccc1Cl. The molecule has 0 N–H and O–H groups in total. The number of rotatable bonds is 3. The maximum Gasteiger partial charge on any atom is 0.132 e. The quantitative estimate of drug-likeness (QED) is 0.693. The first kappa shape index (κ1) is 13.2. The number of aryl methyl sites for hydroxylation is 1. The highest BCUT2D eigenvalue weighted by atomic mass is 35.5.